The van der Waals surface area contributed by atoms with Crippen LogP contribution < -0.4 is 0 Å². The van der Waals surface area contributed by atoms with Crippen LogP contribution in [0.1, 0.15) is 13.8 Å². The highest BCUT2D eigenvalue weighted by atomic mass is 32.2. The van der Waals surface area contributed by atoms with E-state index in [9.17, 15) is 8.94 Å². The predicted octanol–water partition coefficient (Wildman–Crippen LogP) is 2.77. The molecule has 0 bridgehead atoms. The smallest absolute Gasteiger partial charge is 0.182 e. The number of hydrogen-bond donors (Lipinski definition) is 0. The van der Waals surface area contributed by atoms with Gasteiger partial charge in [0.05, 0.1) is 6.21 Å². The molecule has 0 N–H and O–H groups in total. The van der Waals surface area contributed by atoms with Crippen molar-refractivity contribution in [2.24, 2.45) is 10.3 Å². The van der Waals surface area contributed by atoms with Crippen molar-refractivity contribution in [2.45, 2.75) is 24.9 Å². The number of hydrogen-bond acceptors (Lipinski definition) is 2. The summed E-state index contributed by atoms with van der Waals surface area (Å²) in [6.07, 6.45) is -0.0222. The van der Waals surface area contributed by atoms with Gasteiger partial charge < -0.3 is 4.55 Å². The highest BCUT2D eigenvalue weighted by Crippen LogP contribution is 2.12. The van der Waals surface area contributed by atoms with Crippen LogP contribution in [-0.4, -0.2) is 16.9 Å². The van der Waals surface area contributed by atoms with E-state index in [0.29, 0.717) is 4.90 Å². The molecule has 1 unspecified atom stereocenters. The van der Waals surface area contributed by atoms with E-state index >= 15 is 0 Å². The van der Waals surface area contributed by atoms with Crippen LogP contribution >= 0.6 is 0 Å². The Morgan fingerprint density at radius 1 is 1.33 bits per heavy atom. The van der Waals surface area contributed by atoms with Crippen molar-refractivity contribution in [3.63, 3.8) is 0 Å². The van der Waals surface area contributed by atoms with Gasteiger partial charge in [-0.3, -0.25) is 0 Å². The molecule has 0 radical (unpaired) electrons. The summed E-state index contributed by atoms with van der Waals surface area (Å²) in [6, 6.07) is 8.79. The van der Waals surface area contributed by atoms with Crippen LogP contribution in [-0.2, 0) is 11.4 Å². The Hall–Kier alpha value is -0.870. The molecule has 0 aromatic heterocycles. The summed E-state index contributed by atoms with van der Waals surface area (Å²) in [5.74, 6) is -0.137. The fourth-order valence-corrected chi connectivity index (χ4v) is 1.62. The molecular formula is C11H14FNOS. The van der Waals surface area contributed by atoms with Crippen molar-refractivity contribution in [3.8, 4) is 0 Å². The van der Waals surface area contributed by atoms with E-state index in [-0.39, 0.29) is 5.92 Å². The normalized spacial score (nSPS) is 15.8. The minimum atomic E-state index is -1.49. The number of halogens is 1. The maximum absolute atomic E-state index is 13.1. The third-order valence-corrected chi connectivity index (χ3v) is 2.87. The average molecular weight is 227 g/mol. The number of benzene rings is 1. The second kappa shape index (κ2) is 5.88. The van der Waals surface area contributed by atoms with Gasteiger partial charge in [0.15, 0.2) is 4.90 Å². The number of nitrogens with zero attached hydrogens (tertiary/aromatic N) is 1. The number of alkyl halides is 1. The zero-order chi connectivity index (χ0) is 11.3. The van der Waals surface area contributed by atoms with Gasteiger partial charge in [-0.15, -0.1) is 0 Å². The van der Waals surface area contributed by atoms with E-state index in [0.717, 1.165) is 6.21 Å². The molecule has 82 valence electrons. The van der Waals surface area contributed by atoms with Gasteiger partial charge in [0.1, 0.15) is 17.5 Å². The van der Waals surface area contributed by atoms with E-state index < -0.39 is 17.5 Å². The van der Waals surface area contributed by atoms with Crippen LogP contribution in [0.3, 0.4) is 0 Å². The molecular weight excluding hydrogens is 213 g/mol. The Morgan fingerprint density at radius 3 is 2.47 bits per heavy atom. The Labute approximate surface area is 92.5 Å². The summed E-state index contributed by atoms with van der Waals surface area (Å²) in [6.45, 7) is 3.50. The first-order chi connectivity index (χ1) is 7.11. The molecule has 0 aliphatic carbocycles. The zero-order valence-electron chi connectivity index (χ0n) is 8.76. The lowest BCUT2D eigenvalue weighted by Crippen LogP contribution is -2.11. The van der Waals surface area contributed by atoms with Crippen LogP contribution in [0.4, 0.5) is 4.39 Å². The maximum atomic E-state index is 13.1. The van der Waals surface area contributed by atoms with E-state index in [2.05, 4.69) is 4.40 Å². The lowest BCUT2D eigenvalue weighted by molar-refractivity contribution is 0.342. The van der Waals surface area contributed by atoms with Gasteiger partial charge in [-0.05, 0) is 18.1 Å². The topological polar surface area (TPSA) is 35.4 Å². The summed E-state index contributed by atoms with van der Waals surface area (Å²) in [5.41, 5.74) is 0. The quantitative estimate of drug-likeness (QED) is 0.575. The second-order valence-electron chi connectivity index (χ2n) is 3.51. The minimum absolute atomic E-state index is 0.137. The monoisotopic (exact) mass is 227 g/mol. The molecule has 0 saturated carbocycles. The SMILES string of the molecule is CC(C)[C@H](F)/C=N/[S+]([O-])c1ccccc1. The highest BCUT2D eigenvalue weighted by Gasteiger charge is 2.12. The van der Waals surface area contributed by atoms with Crippen molar-refractivity contribution < 1.29 is 8.94 Å². The Morgan fingerprint density at radius 2 is 1.93 bits per heavy atom. The molecule has 0 heterocycles. The molecule has 1 aromatic carbocycles. The summed E-state index contributed by atoms with van der Waals surface area (Å²) in [4.78, 5) is 0.588. The first-order valence-corrected chi connectivity index (χ1v) is 5.87. The minimum Gasteiger partial charge on any atom is -0.586 e. The van der Waals surface area contributed by atoms with E-state index in [1.165, 1.54) is 0 Å². The molecule has 15 heavy (non-hydrogen) atoms. The van der Waals surface area contributed by atoms with Gasteiger partial charge in [-0.2, -0.15) is 0 Å². The lowest BCUT2D eigenvalue weighted by Gasteiger charge is -2.05. The van der Waals surface area contributed by atoms with E-state index in [4.69, 9.17) is 0 Å². The first kappa shape index (κ1) is 12.2. The summed E-state index contributed by atoms with van der Waals surface area (Å²) < 4.78 is 28.3. The largest absolute Gasteiger partial charge is 0.586 e. The van der Waals surface area contributed by atoms with Crippen molar-refractivity contribution in [3.05, 3.63) is 30.3 Å². The molecule has 2 atom stereocenters. The molecule has 0 saturated heterocycles. The number of rotatable bonds is 4. The van der Waals surface area contributed by atoms with Crippen LogP contribution in [0.2, 0.25) is 0 Å². The molecule has 2 nitrogen and oxygen atoms in total. The highest BCUT2D eigenvalue weighted by molar-refractivity contribution is 7.90. The summed E-state index contributed by atoms with van der Waals surface area (Å²) in [7, 11) is 0. The first-order valence-electron chi connectivity index (χ1n) is 4.76. The van der Waals surface area contributed by atoms with Gasteiger partial charge in [0, 0.05) is 0 Å². The molecule has 0 amide bonds. The fraction of sp³-hybridized carbons (Fsp3) is 0.364. The van der Waals surface area contributed by atoms with Gasteiger partial charge in [0.2, 0.25) is 0 Å². The van der Waals surface area contributed by atoms with Crippen molar-refractivity contribution in [2.75, 3.05) is 0 Å². The molecule has 4 heteroatoms. The van der Waals surface area contributed by atoms with Crippen LogP contribution in [0.5, 0.6) is 0 Å². The zero-order valence-corrected chi connectivity index (χ0v) is 9.58. The van der Waals surface area contributed by atoms with E-state index in [1.54, 1.807) is 38.1 Å². The maximum Gasteiger partial charge on any atom is 0.182 e. The van der Waals surface area contributed by atoms with Crippen molar-refractivity contribution in [1.82, 2.24) is 0 Å². The van der Waals surface area contributed by atoms with Crippen molar-refractivity contribution in [1.29, 1.82) is 0 Å². The second-order valence-corrected chi connectivity index (χ2v) is 4.69. The Balaban J connectivity index is 2.60. The standard InChI is InChI=1S/C11H14FNOS/c1-9(2)11(12)8-13-15(14)10-6-4-3-5-7-10/h3-9,11H,1-2H3/b13-8+/t11-,15?/m1/s1. The Kier molecular flexibility index (Phi) is 4.78. The van der Waals surface area contributed by atoms with Gasteiger partial charge in [0.25, 0.3) is 0 Å². The van der Waals surface area contributed by atoms with Gasteiger partial charge in [-0.25, -0.2) is 4.39 Å². The summed E-state index contributed by atoms with van der Waals surface area (Å²) in [5, 5.41) is 0. The van der Waals surface area contributed by atoms with Crippen LogP contribution in [0.15, 0.2) is 39.6 Å². The molecule has 0 fully saturated rings. The molecule has 1 aromatic rings. The molecule has 0 aliphatic heterocycles. The van der Waals surface area contributed by atoms with Gasteiger partial charge in [-0.1, -0.05) is 36.4 Å². The fourth-order valence-electron chi connectivity index (χ4n) is 0.883. The van der Waals surface area contributed by atoms with E-state index in [1.807, 2.05) is 6.07 Å². The molecule has 1 rings (SSSR count). The summed E-state index contributed by atoms with van der Waals surface area (Å²) >= 11 is -1.49. The molecule has 0 spiro atoms. The van der Waals surface area contributed by atoms with Gasteiger partial charge >= 0.3 is 0 Å². The molecule has 0 aliphatic rings. The average Bonchev–Trinajstić information content (AvgIpc) is 2.26. The third kappa shape index (κ3) is 4.01. The lowest BCUT2D eigenvalue weighted by atomic mass is 10.1. The van der Waals surface area contributed by atoms with Crippen LogP contribution in [0.25, 0.3) is 0 Å². The van der Waals surface area contributed by atoms with Crippen LogP contribution in [0, 0.1) is 5.92 Å². The van der Waals surface area contributed by atoms with Crippen molar-refractivity contribution >= 4 is 17.6 Å². The Bertz CT molecular complexity index is 316. The predicted molar refractivity (Wildman–Crippen MR) is 61.1 cm³/mol. The third-order valence-electron chi connectivity index (χ3n) is 1.88.